The zero-order chi connectivity index (χ0) is 14.7. The fraction of sp³-hybridized carbons (Fsp3) is 0.538. The van der Waals surface area contributed by atoms with Crippen LogP contribution in [0.15, 0.2) is 16.7 Å². The molecule has 0 bridgehead atoms. The Balaban J connectivity index is 1.54. The lowest BCUT2D eigenvalue weighted by Crippen LogP contribution is -2.40. The number of nitrogens with zero attached hydrogens (tertiary/aromatic N) is 4. The summed E-state index contributed by atoms with van der Waals surface area (Å²) in [5.74, 6) is 1.91. The Hall–Kier alpha value is -1.41. The topological polar surface area (TPSA) is 74.8 Å². The predicted octanol–water partition coefficient (Wildman–Crippen LogP) is 2.07. The highest BCUT2D eigenvalue weighted by Gasteiger charge is 2.26. The number of piperidine rings is 1. The van der Waals surface area contributed by atoms with Gasteiger partial charge in [0.25, 0.3) is 0 Å². The first kappa shape index (κ1) is 14.5. The third-order valence-electron chi connectivity index (χ3n) is 3.51. The van der Waals surface area contributed by atoms with Gasteiger partial charge in [0, 0.05) is 31.4 Å². The van der Waals surface area contributed by atoms with E-state index in [1.165, 1.54) is 23.1 Å². The third-order valence-corrected chi connectivity index (χ3v) is 5.46. The second kappa shape index (κ2) is 6.57. The number of aromatic amines is 1. The van der Waals surface area contributed by atoms with Gasteiger partial charge < -0.3 is 9.88 Å². The van der Waals surface area contributed by atoms with Crippen LogP contribution in [0.3, 0.4) is 0 Å². The summed E-state index contributed by atoms with van der Waals surface area (Å²) in [4.78, 5) is 21.7. The molecule has 0 aliphatic carbocycles. The van der Waals surface area contributed by atoms with Crippen molar-refractivity contribution in [3.05, 3.63) is 23.2 Å². The zero-order valence-electron chi connectivity index (χ0n) is 11.8. The molecule has 1 saturated heterocycles. The highest BCUT2D eigenvalue weighted by Crippen LogP contribution is 2.26. The summed E-state index contributed by atoms with van der Waals surface area (Å²) in [6.07, 6.45) is 5.72. The summed E-state index contributed by atoms with van der Waals surface area (Å²) >= 11 is 3.00. The summed E-state index contributed by atoms with van der Waals surface area (Å²) in [5, 5.41) is 8.93. The van der Waals surface area contributed by atoms with E-state index in [0.717, 1.165) is 41.1 Å². The van der Waals surface area contributed by atoms with E-state index in [2.05, 4.69) is 20.2 Å². The number of likely N-dealkylation sites (tertiary alicyclic amines) is 1. The van der Waals surface area contributed by atoms with Gasteiger partial charge in [-0.15, -0.1) is 10.2 Å². The van der Waals surface area contributed by atoms with E-state index >= 15 is 0 Å². The summed E-state index contributed by atoms with van der Waals surface area (Å²) in [6, 6.07) is 0. The zero-order valence-corrected chi connectivity index (χ0v) is 13.4. The van der Waals surface area contributed by atoms with Crippen molar-refractivity contribution < 1.29 is 4.79 Å². The van der Waals surface area contributed by atoms with Crippen LogP contribution in [0.4, 0.5) is 0 Å². The number of H-pyrrole nitrogens is 1. The van der Waals surface area contributed by atoms with E-state index in [1.807, 2.05) is 18.0 Å². The number of aryl methyl sites for hydroxylation is 1. The molecule has 1 fully saturated rings. The largest absolute Gasteiger partial charge is 0.348 e. The first-order valence-electron chi connectivity index (χ1n) is 6.92. The Morgan fingerprint density at radius 3 is 3.19 bits per heavy atom. The van der Waals surface area contributed by atoms with Crippen LogP contribution in [0.2, 0.25) is 0 Å². The smallest absolute Gasteiger partial charge is 0.233 e. The van der Waals surface area contributed by atoms with E-state index in [9.17, 15) is 4.79 Å². The number of hydrogen-bond donors (Lipinski definition) is 1. The van der Waals surface area contributed by atoms with Crippen LogP contribution in [0.25, 0.3) is 0 Å². The number of nitrogens with one attached hydrogen (secondary N) is 1. The highest BCUT2D eigenvalue weighted by molar-refractivity contribution is 8.01. The van der Waals surface area contributed by atoms with Gasteiger partial charge in [-0.1, -0.05) is 23.1 Å². The van der Waals surface area contributed by atoms with E-state index < -0.39 is 0 Å². The standard InChI is InChI=1S/C13H17N5OS2/c1-9-16-17-13(21-9)20-8-11(19)18-6-2-3-10(7-18)12-14-4-5-15-12/h4-5,10H,2-3,6-8H2,1H3,(H,14,15). The number of rotatable bonds is 4. The van der Waals surface area contributed by atoms with Gasteiger partial charge in [-0.25, -0.2) is 4.98 Å². The van der Waals surface area contributed by atoms with Crippen LogP contribution < -0.4 is 0 Å². The maximum Gasteiger partial charge on any atom is 0.233 e. The van der Waals surface area contributed by atoms with Gasteiger partial charge in [0.05, 0.1) is 5.75 Å². The van der Waals surface area contributed by atoms with Crippen LogP contribution in [0.5, 0.6) is 0 Å². The Labute approximate surface area is 131 Å². The van der Waals surface area contributed by atoms with Crippen molar-refractivity contribution in [2.45, 2.75) is 30.0 Å². The molecular formula is C13H17N5OS2. The minimum Gasteiger partial charge on any atom is -0.348 e. The fourth-order valence-corrected chi connectivity index (χ4v) is 4.20. The molecular weight excluding hydrogens is 306 g/mol. The van der Waals surface area contributed by atoms with Gasteiger partial charge in [-0.05, 0) is 19.8 Å². The minimum atomic E-state index is 0.170. The van der Waals surface area contributed by atoms with Crippen molar-refractivity contribution in [1.82, 2.24) is 25.1 Å². The molecule has 1 atom stereocenters. The molecule has 1 unspecified atom stereocenters. The SMILES string of the molecule is Cc1nnc(SCC(=O)N2CCCC(c3ncc[nH]3)C2)s1. The molecule has 0 spiro atoms. The van der Waals surface area contributed by atoms with Crippen molar-refractivity contribution in [2.24, 2.45) is 0 Å². The molecule has 3 heterocycles. The third kappa shape index (κ3) is 3.62. The predicted molar refractivity (Wildman–Crippen MR) is 82.5 cm³/mol. The van der Waals surface area contributed by atoms with E-state index in [4.69, 9.17) is 0 Å². The minimum absolute atomic E-state index is 0.170. The lowest BCUT2D eigenvalue weighted by atomic mass is 9.97. The van der Waals surface area contributed by atoms with Gasteiger partial charge in [0.1, 0.15) is 10.8 Å². The number of thioether (sulfide) groups is 1. The molecule has 6 nitrogen and oxygen atoms in total. The Bertz CT molecular complexity index is 597. The van der Waals surface area contributed by atoms with E-state index in [-0.39, 0.29) is 5.91 Å². The molecule has 2 aromatic rings. The van der Waals surface area contributed by atoms with Gasteiger partial charge in [0.2, 0.25) is 5.91 Å². The van der Waals surface area contributed by atoms with E-state index in [0.29, 0.717) is 11.7 Å². The molecule has 8 heteroatoms. The quantitative estimate of drug-likeness (QED) is 0.872. The first-order valence-corrected chi connectivity index (χ1v) is 8.72. The monoisotopic (exact) mass is 323 g/mol. The molecule has 1 aliphatic rings. The van der Waals surface area contributed by atoms with Crippen LogP contribution in [-0.4, -0.2) is 49.8 Å². The highest BCUT2D eigenvalue weighted by atomic mass is 32.2. The Morgan fingerprint density at radius 2 is 2.48 bits per heavy atom. The van der Waals surface area contributed by atoms with Gasteiger partial charge >= 0.3 is 0 Å². The molecule has 0 radical (unpaired) electrons. The molecule has 21 heavy (non-hydrogen) atoms. The first-order chi connectivity index (χ1) is 10.2. The second-order valence-electron chi connectivity index (χ2n) is 5.03. The molecule has 1 N–H and O–H groups in total. The maximum atomic E-state index is 12.3. The molecule has 2 aromatic heterocycles. The van der Waals surface area contributed by atoms with Crippen molar-refractivity contribution in [1.29, 1.82) is 0 Å². The average Bonchev–Trinajstić information content (AvgIpc) is 3.16. The Morgan fingerprint density at radius 1 is 1.57 bits per heavy atom. The second-order valence-corrected chi connectivity index (χ2v) is 7.43. The van der Waals surface area contributed by atoms with Crippen LogP contribution in [0, 0.1) is 6.92 Å². The molecule has 1 aliphatic heterocycles. The average molecular weight is 323 g/mol. The summed E-state index contributed by atoms with van der Waals surface area (Å²) in [7, 11) is 0. The van der Waals surface area contributed by atoms with Gasteiger partial charge in [-0.2, -0.15) is 0 Å². The van der Waals surface area contributed by atoms with Crippen molar-refractivity contribution in [3.63, 3.8) is 0 Å². The van der Waals surface area contributed by atoms with Crippen LogP contribution in [-0.2, 0) is 4.79 Å². The molecule has 0 aromatic carbocycles. The Kier molecular flexibility index (Phi) is 4.54. The fourth-order valence-electron chi connectivity index (χ4n) is 2.48. The van der Waals surface area contributed by atoms with Crippen molar-refractivity contribution in [2.75, 3.05) is 18.8 Å². The lowest BCUT2D eigenvalue weighted by molar-refractivity contribution is -0.129. The molecule has 1 amide bonds. The number of hydrogen-bond acceptors (Lipinski definition) is 6. The lowest BCUT2D eigenvalue weighted by Gasteiger charge is -2.31. The summed E-state index contributed by atoms with van der Waals surface area (Å²) < 4.78 is 0.862. The normalized spacial score (nSPS) is 18.9. The number of imidazole rings is 1. The molecule has 0 saturated carbocycles. The summed E-state index contributed by atoms with van der Waals surface area (Å²) in [5.41, 5.74) is 0. The van der Waals surface area contributed by atoms with Gasteiger partial charge in [0.15, 0.2) is 4.34 Å². The number of carbonyl (C=O) groups is 1. The number of carbonyl (C=O) groups excluding carboxylic acids is 1. The van der Waals surface area contributed by atoms with Crippen LogP contribution in [0.1, 0.15) is 29.6 Å². The van der Waals surface area contributed by atoms with E-state index in [1.54, 1.807) is 6.20 Å². The molecule has 112 valence electrons. The maximum absolute atomic E-state index is 12.3. The summed E-state index contributed by atoms with van der Waals surface area (Å²) in [6.45, 7) is 3.51. The van der Waals surface area contributed by atoms with Crippen molar-refractivity contribution in [3.8, 4) is 0 Å². The number of amides is 1. The van der Waals surface area contributed by atoms with Crippen LogP contribution >= 0.6 is 23.1 Å². The van der Waals surface area contributed by atoms with Crippen molar-refractivity contribution >= 4 is 29.0 Å². The molecule has 3 rings (SSSR count). The van der Waals surface area contributed by atoms with Gasteiger partial charge in [-0.3, -0.25) is 4.79 Å². The number of aromatic nitrogens is 4.